The van der Waals surface area contributed by atoms with Gasteiger partial charge in [0, 0.05) is 31.7 Å². The number of nitrogens with zero attached hydrogens (tertiary/aromatic N) is 2. The summed E-state index contributed by atoms with van der Waals surface area (Å²) < 4.78 is 0. The lowest BCUT2D eigenvalue weighted by Gasteiger charge is -2.21. The predicted molar refractivity (Wildman–Crippen MR) is 72.7 cm³/mol. The van der Waals surface area contributed by atoms with Crippen molar-refractivity contribution in [3.8, 4) is 5.75 Å². The number of rotatable bonds is 3. The molecule has 0 bridgehead atoms. The van der Waals surface area contributed by atoms with Crippen LogP contribution >= 0.6 is 0 Å². The van der Waals surface area contributed by atoms with E-state index in [9.17, 15) is 14.7 Å². The van der Waals surface area contributed by atoms with E-state index in [0.717, 1.165) is 6.42 Å². The Morgan fingerprint density at radius 2 is 1.75 bits per heavy atom. The zero-order valence-corrected chi connectivity index (χ0v) is 11.2. The van der Waals surface area contributed by atoms with E-state index in [-0.39, 0.29) is 18.2 Å². The highest BCUT2D eigenvalue weighted by Gasteiger charge is 2.21. The normalized spacial score (nSPS) is 16.7. The Morgan fingerprint density at radius 1 is 1.05 bits per heavy atom. The van der Waals surface area contributed by atoms with Crippen LogP contribution < -0.4 is 0 Å². The van der Waals surface area contributed by atoms with Crippen molar-refractivity contribution in [2.75, 3.05) is 32.7 Å². The van der Waals surface area contributed by atoms with Crippen LogP contribution in [-0.2, 0) is 4.79 Å². The molecule has 2 rings (SSSR count). The van der Waals surface area contributed by atoms with Crippen LogP contribution in [0, 0.1) is 0 Å². The van der Waals surface area contributed by atoms with Gasteiger partial charge in [-0.3, -0.25) is 14.5 Å². The van der Waals surface area contributed by atoms with E-state index in [2.05, 4.69) is 0 Å². The molecule has 1 saturated heterocycles. The summed E-state index contributed by atoms with van der Waals surface area (Å²) >= 11 is 0. The van der Waals surface area contributed by atoms with Gasteiger partial charge in [0.15, 0.2) is 0 Å². The number of phenols is 1. The van der Waals surface area contributed by atoms with E-state index in [0.29, 0.717) is 31.7 Å². The maximum atomic E-state index is 12.3. The molecular formula is C14H18N2O4. The Morgan fingerprint density at radius 3 is 2.40 bits per heavy atom. The first-order valence-corrected chi connectivity index (χ1v) is 6.59. The van der Waals surface area contributed by atoms with Gasteiger partial charge in [0.25, 0.3) is 5.91 Å². The van der Waals surface area contributed by atoms with Crippen molar-refractivity contribution in [1.82, 2.24) is 9.80 Å². The monoisotopic (exact) mass is 278 g/mol. The highest BCUT2D eigenvalue weighted by molar-refractivity contribution is 5.94. The Labute approximate surface area is 117 Å². The van der Waals surface area contributed by atoms with Crippen molar-refractivity contribution in [1.29, 1.82) is 0 Å². The number of hydrogen-bond acceptors (Lipinski definition) is 4. The third-order valence-corrected chi connectivity index (χ3v) is 3.35. The number of benzene rings is 1. The first-order chi connectivity index (χ1) is 9.56. The predicted octanol–water partition coefficient (Wildman–Crippen LogP) is 0.625. The van der Waals surface area contributed by atoms with E-state index in [4.69, 9.17) is 5.11 Å². The van der Waals surface area contributed by atoms with Crippen LogP contribution in [0.5, 0.6) is 5.75 Å². The van der Waals surface area contributed by atoms with Gasteiger partial charge in [-0.15, -0.1) is 0 Å². The second-order valence-corrected chi connectivity index (χ2v) is 4.86. The molecule has 1 aliphatic rings. The SMILES string of the molecule is O=C(O)CN1CCCN(C(=O)c2ccc(O)cc2)CC1. The molecule has 1 aliphatic heterocycles. The van der Waals surface area contributed by atoms with Gasteiger partial charge in [-0.1, -0.05) is 0 Å². The topological polar surface area (TPSA) is 81.1 Å². The Balaban J connectivity index is 1.97. The number of carbonyl (C=O) groups excluding carboxylic acids is 1. The summed E-state index contributed by atoms with van der Waals surface area (Å²) in [6.45, 7) is 2.41. The fraction of sp³-hybridized carbons (Fsp3) is 0.429. The van der Waals surface area contributed by atoms with Gasteiger partial charge in [0.1, 0.15) is 5.75 Å². The number of hydrogen-bond donors (Lipinski definition) is 2. The number of aliphatic carboxylic acids is 1. The van der Waals surface area contributed by atoms with Crippen molar-refractivity contribution < 1.29 is 19.8 Å². The minimum atomic E-state index is -0.844. The summed E-state index contributed by atoms with van der Waals surface area (Å²) in [5, 5.41) is 18.0. The minimum Gasteiger partial charge on any atom is -0.508 e. The van der Waals surface area contributed by atoms with Crippen molar-refractivity contribution in [2.45, 2.75) is 6.42 Å². The lowest BCUT2D eigenvalue weighted by Crippen LogP contribution is -2.36. The first-order valence-electron chi connectivity index (χ1n) is 6.59. The summed E-state index contributed by atoms with van der Waals surface area (Å²) in [5.41, 5.74) is 0.537. The molecule has 1 amide bonds. The van der Waals surface area contributed by atoms with E-state index in [1.807, 2.05) is 4.90 Å². The average molecular weight is 278 g/mol. The van der Waals surface area contributed by atoms with Crippen LogP contribution in [0.2, 0.25) is 0 Å². The summed E-state index contributed by atoms with van der Waals surface area (Å²) in [5.74, 6) is -0.796. The van der Waals surface area contributed by atoms with Gasteiger partial charge < -0.3 is 15.1 Å². The molecule has 20 heavy (non-hydrogen) atoms. The fourth-order valence-electron chi connectivity index (χ4n) is 2.31. The summed E-state index contributed by atoms with van der Waals surface area (Å²) in [6, 6.07) is 6.17. The van der Waals surface area contributed by atoms with Crippen LogP contribution in [0.4, 0.5) is 0 Å². The zero-order valence-electron chi connectivity index (χ0n) is 11.2. The molecule has 6 heteroatoms. The van der Waals surface area contributed by atoms with Crippen molar-refractivity contribution >= 4 is 11.9 Å². The van der Waals surface area contributed by atoms with Crippen LogP contribution in [0.1, 0.15) is 16.8 Å². The van der Waals surface area contributed by atoms with Crippen LogP contribution in [-0.4, -0.2) is 64.6 Å². The number of carbonyl (C=O) groups is 2. The van der Waals surface area contributed by atoms with Crippen LogP contribution in [0.3, 0.4) is 0 Å². The molecule has 1 aromatic rings. The quantitative estimate of drug-likeness (QED) is 0.847. The van der Waals surface area contributed by atoms with Crippen molar-refractivity contribution in [3.63, 3.8) is 0 Å². The molecule has 0 radical (unpaired) electrons. The summed E-state index contributed by atoms with van der Waals surface area (Å²) in [7, 11) is 0. The standard InChI is InChI=1S/C14H18N2O4/c17-12-4-2-11(3-5-12)14(20)16-7-1-6-15(8-9-16)10-13(18)19/h2-5,17H,1,6-10H2,(H,18,19). The van der Waals surface area contributed by atoms with Gasteiger partial charge in [-0.05, 0) is 30.7 Å². The number of amides is 1. The molecule has 108 valence electrons. The largest absolute Gasteiger partial charge is 0.508 e. The van der Waals surface area contributed by atoms with Crippen molar-refractivity contribution in [3.05, 3.63) is 29.8 Å². The number of aromatic hydroxyl groups is 1. The van der Waals surface area contributed by atoms with Crippen LogP contribution in [0.15, 0.2) is 24.3 Å². The smallest absolute Gasteiger partial charge is 0.317 e. The maximum absolute atomic E-state index is 12.3. The first kappa shape index (κ1) is 14.3. The third-order valence-electron chi connectivity index (χ3n) is 3.35. The lowest BCUT2D eigenvalue weighted by atomic mass is 10.2. The van der Waals surface area contributed by atoms with E-state index < -0.39 is 5.97 Å². The van der Waals surface area contributed by atoms with Crippen molar-refractivity contribution in [2.24, 2.45) is 0 Å². The van der Waals surface area contributed by atoms with Gasteiger partial charge in [-0.25, -0.2) is 0 Å². The van der Waals surface area contributed by atoms with Crippen LogP contribution in [0.25, 0.3) is 0 Å². The molecule has 1 fully saturated rings. The third kappa shape index (κ3) is 3.71. The molecule has 0 aliphatic carbocycles. The highest BCUT2D eigenvalue weighted by atomic mass is 16.4. The molecule has 1 heterocycles. The Bertz CT molecular complexity index is 486. The molecule has 2 N–H and O–H groups in total. The Hall–Kier alpha value is -2.08. The van der Waals surface area contributed by atoms with E-state index >= 15 is 0 Å². The zero-order chi connectivity index (χ0) is 14.5. The molecule has 1 aromatic carbocycles. The molecular weight excluding hydrogens is 260 g/mol. The molecule has 0 unspecified atom stereocenters. The number of phenolic OH excluding ortho intramolecular Hbond substituents is 1. The summed E-state index contributed by atoms with van der Waals surface area (Å²) in [6.07, 6.45) is 0.761. The molecule has 0 aromatic heterocycles. The highest BCUT2D eigenvalue weighted by Crippen LogP contribution is 2.13. The second kappa shape index (κ2) is 6.38. The Kier molecular flexibility index (Phi) is 4.57. The van der Waals surface area contributed by atoms with Gasteiger partial charge in [0.05, 0.1) is 6.54 Å². The van der Waals surface area contributed by atoms with Gasteiger partial charge >= 0.3 is 5.97 Å². The van der Waals surface area contributed by atoms with Gasteiger partial charge in [0.2, 0.25) is 0 Å². The maximum Gasteiger partial charge on any atom is 0.317 e. The lowest BCUT2D eigenvalue weighted by molar-refractivity contribution is -0.138. The summed E-state index contributed by atoms with van der Waals surface area (Å²) in [4.78, 5) is 26.6. The molecule has 0 atom stereocenters. The second-order valence-electron chi connectivity index (χ2n) is 4.86. The number of carboxylic acid groups (broad SMARTS) is 1. The van der Waals surface area contributed by atoms with Gasteiger partial charge in [-0.2, -0.15) is 0 Å². The molecule has 0 saturated carbocycles. The van der Waals surface area contributed by atoms with E-state index in [1.54, 1.807) is 17.0 Å². The molecule has 0 spiro atoms. The van der Waals surface area contributed by atoms with E-state index in [1.165, 1.54) is 12.1 Å². The molecule has 6 nitrogen and oxygen atoms in total. The average Bonchev–Trinajstić information content (AvgIpc) is 2.64. The fourth-order valence-corrected chi connectivity index (χ4v) is 2.31. The number of carboxylic acids is 1. The minimum absolute atomic E-state index is 0.0151.